The molecule has 420 valence electrons. The van der Waals surface area contributed by atoms with Crippen LogP contribution in [0.5, 0.6) is 0 Å². The fourth-order valence-electron chi connectivity index (χ4n) is 8.84. The summed E-state index contributed by atoms with van der Waals surface area (Å²) in [5.41, 5.74) is 32.9. The lowest BCUT2D eigenvalue weighted by Gasteiger charge is -2.29. The zero-order valence-electron chi connectivity index (χ0n) is 47.5. The molecule has 3 aromatic rings. The van der Waals surface area contributed by atoms with Crippen molar-refractivity contribution in [3.8, 4) is 0 Å². The van der Waals surface area contributed by atoms with Crippen LogP contribution in [0.4, 0.5) is 11.4 Å². The van der Waals surface area contributed by atoms with Crippen molar-refractivity contribution in [1.29, 1.82) is 0 Å². The van der Waals surface area contributed by atoms with Gasteiger partial charge < -0.3 is 27.7 Å². The molecule has 7 atom stereocenters. The first-order valence-electron chi connectivity index (χ1n) is 27.0. The molecular weight excluding hydrogens is 949 g/mol. The minimum Gasteiger partial charge on any atom is -0.399 e. The molecule has 0 spiro atoms. The Kier molecular flexibility index (Phi) is 33.8. The molecule has 0 saturated heterocycles. The average Bonchev–Trinajstić information content (AvgIpc) is 4.19. The van der Waals surface area contributed by atoms with Gasteiger partial charge in [-0.05, 0) is 122 Å². The molecule has 0 bridgehead atoms. The van der Waals surface area contributed by atoms with Crippen LogP contribution < -0.4 is 33.7 Å². The smallest absolute Gasteiger partial charge is 0.163 e. The lowest BCUT2D eigenvalue weighted by Crippen LogP contribution is -2.48. The van der Waals surface area contributed by atoms with E-state index in [0.29, 0.717) is 50.8 Å². The first-order chi connectivity index (χ1) is 35.8. The van der Waals surface area contributed by atoms with Gasteiger partial charge in [-0.15, -0.1) is 43.0 Å². The third-order valence-electron chi connectivity index (χ3n) is 13.7. The van der Waals surface area contributed by atoms with Crippen LogP contribution in [0.2, 0.25) is 0 Å². The number of hydrogen-bond donors (Lipinski definition) is 6. The van der Waals surface area contributed by atoms with Gasteiger partial charge in [-0.3, -0.25) is 19.7 Å². The number of rotatable bonds is 19. The topological polar surface area (TPSA) is 176 Å². The lowest BCUT2D eigenvalue weighted by atomic mass is 9.86. The number of hydroxylamine groups is 1. The number of thioether (sulfide) groups is 1. The number of anilines is 2. The monoisotopic (exact) mass is 1050 g/mol. The van der Waals surface area contributed by atoms with Crippen LogP contribution in [-0.4, -0.2) is 56.0 Å². The number of allylic oxidation sites excluding steroid dienone is 3. The summed E-state index contributed by atoms with van der Waals surface area (Å²) in [6.45, 7) is 43.4. The number of nitrogens with two attached hydrogens (primary N) is 2. The predicted molar refractivity (Wildman–Crippen MR) is 333 cm³/mol. The number of ether oxygens (including phenoxy) is 1. The highest BCUT2D eigenvalue weighted by atomic mass is 32.2. The quantitative estimate of drug-likeness (QED) is 0.0128. The summed E-state index contributed by atoms with van der Waals surface area (Å²) in [6, 6.07) is 22.8. The van der Waals surface area contributed by atoms with Crippen molar-refractivity contribution in [3.63, 3.8) is 0 Å². The molecule has 3 aliphatic carbocycles. The van der Waals surface area contributed by atoms with Gasteiger partial charge in [0.15, 0.2) is 5.78 Å². The summed E-state index contributed by atoms with van der Waals surface area (Å²) in [7, 11) is 0. The number of nitrogens with one attached hydrogen (secondary N) is 3. The second-order valence-corrected chi connectivity index (χ2v) is 19.8. The van der Waals surface area contributed by atoms with Gasteiger partial charge in [0, 0.05) is 84.1 Å². The number of carbonyl (C=O) groups is 2. The highest BCUT2D eigenvalue weighted by molar-refractivity contribution is 8.03. The Morgan fingerprint density at radius 3 is 2.23 bits per heavy atom. The molecule has 0 amide bonds. The van der Waals surface area contributed by atoms with Crippen LogP contribution >= 0.6 is 11.8 Å². The number of fused-ring (bicyclic) bond motifs is 1. The molecule has 10 N–H and O–H groups in total. The molecule has 7 rings (SSSR count). The molecule has 3 aromatic carbocycles. The first-order valence-corrected chi connectivity index (χ1v) is 27.9. The van der Waals surface area contributed by atoms with E-state index in [2.05, 4.69) is 131 Å². The van der Waals surface area contributed by atoms with Crippen LogP contribution in [-0.2, 0) is 20.8 Å². The van der Waals surface area contributed by atoms with Gasteiger partial charge in [0.25, 0.3) is 0 Å². The highest BCUT2D eigenvalue weighted by Crippen LogP contribution is 2.50. The number of ketones is 2. The standard InChI is InChI=1S/C28H35N3O3.C21H30N2S.C9H12O.2C2H6.C2H4.H3N.4H2/c1-2-20-5-3-8-27(32)24-6-4-7-26(28(20)24)30-14-18-34-31-15-17-33-16-13-22-19-25(22)21-9-11-23(29)12-10-21;1-7-13(3)20(22)23-21-19(14(4)16(6)24-21)15(5)18-11-9-17(8-2)10-12-18;1-3-8-5-4-7(2)9(10)6-8;3*1-2;;;;;/h4,6-7,9-12,22,25,30-31H,1,3,5,8,13-19,29H2;7,9-13,19-21,23H,1,5,8,22H2,2-4,6H3;7H,1,4-6H2,2H3;2*1-2H3;1-2H2;1H3;4*1H. The predicted octanol–water partition coefficient (Wildman–Crippen LogP) is 16.0. The molecule has 75 heavy (non-hydrogen) atoms. The van der Waals surface area contributed by atoms with Crippen LogP contribution in [0.25, 0.3) is 11.1 Å². The van der Waals surface area contributed by atoms with E-state index in [4.69, 9.17) is 21.0 Å². The van der Waals surface area contributed by atoms with Gasteiger partial charge in [-0.2, -0.15) is 0 Å². The van der Waals surface area contributed by atoms with E-state index in [9.17, 15) is 9.59 Å². The van der Waals surface area contributed by atoms with Crippen molar-refractivity contribution in [3.05, 3.63) is 168 Å². The molecule has 4 aliphatic rings. The Balaban J connectivity index is -0.000000548. The van der Waals surface area contributed by atoms with Crippen molar-refractivity contribution < 1.29 is 24.9 Å². The zero-order chi connectivity index (χ0) is 55.2. The van der Waals surface area contributed by atoms with Gasteiger partial charge in [-0.25, -0.2) is 5.48 Å². The van der Waals surface area contributed by atoms with Gasteiger partial charge >= 0.3 is 0 Å². The fraction of sp³-hybridized carbons (Fsp3) is 0.469. The summed E-state index contributed by atoms with van der Waals surface area (Å²) >= 11 is 1.86. The van der Waals surface area contributed by atoms with E-state index < -0.39 is 0 Å². The summed E-state index contributed by atoms with van der Waals surface area (Å²) in [6.07, 6.45) is 10.00. The number of nitrogen functional groups attached to an aromatic ring is 1. The highest BCUT2D eigenvalue weighted by Gasteiger charge is 2.38. The molecule has 2 saturated carbocycles. The minimum absolute atomic E-state index is 0. The van der Waals surface area contributed by atoms with Gasteiger partial charge in [0.05, 0.1) is 24.8 Å². The Morgan fingerprint density at radius 2 is 1.61 bits per heavy atom. The molecule has 0 radical (unpaired) electrons. The summed E-state index contributed by atoms with van der Waals surface area (Å²) in [4.78, 5) is 30.4. The Morgan fingerprint density at radius 1 is 0.933 bits per heavy atom. The maximum absolute atomic E-state index is 12.4. The van der Waals surface area contributed by atoms with Crippen LogP contribution in [0.3, 0.4) is 0 Å². The first kappa shape index (κ1) is 67.7. The van der Waals surface area contributed by atoms with E-state index in [-0.39, 0.29) is 46.9 Å². The van der Waals surface area contributed by atoms with E-state index >= 15 is 0 Å². The van der Waals surface area contributed by atoms with Gasteiger partial charge in [0.2, 0.25) is 0 Å². The van der Waals surface area contributed by atoms with E-state index in [1.54, 1.807) is 0 Å². The molecule has 1 aliphatic heterocycles. The van der Waals surface area contributed by atoms with Crippen LogP contribution in [0, 0.1) is 23.7 Å². The number of Topliss-reactive ketones (excluding diaryl/α,β-unsaturated/α-hetero) is 2. The van der Waals surface area contributed by atoms with E-state index in [0.717, 1.165) is 90.3 Å². The van der Waals surface area contributed by atoms with Gasteiger partial charge in [0.1, 0.15) is 5.78 Å². The van der Waals surface area contributed by atoms with Crippen molar-refractivity contribution in [2.24, 2.45) is 29.4 Å². The maximum atomic E-state index is 12.4. The molecule has 2 fully saturated rings. The number of carbonyl (C=O) groups excluding carboxylic acids is 2. The fourth-order valence-corrected chi connectivity index (χ4v) is 10.3. The molecule has 11 heteroatoms. The largest absolute Gasteiger partial charge is 0.399 e. The van der Waals surface area contributed by atoms with Crippen molar-refractivity contribution in [1.82, 2.24) is 16.9 Å². The Labute approximate surface area is 464 Å². The third kappa shape index (κ3) is 21.7. The number of benzene rings is 3. The second kappa shape index (κ2) is 37.5. The molecule has 0 aromatic heterocycles. The second-order valence-electron chi connectivity index (χ2n) is 18.5. The van der Waals surface area contributed by atoms with Crippen LogP contribution in [0.1, 0.15) is 158 Å². The van der Waals surface area contributed by atoms with Crippen molar-refractivity contribution in [2.45, 2.75) is 138 Å². The minimum atomic E-state index is -0.100. The maximum Gasteiger partial charge on any atom is 0.163 e. The Bertz CT molecular complexity index is 2370. The Hall–Kier alpha value is -5.29. The van der Waals surface area contributed by atoms with E-state index in [1.165, 1.54) is 33.6 Å². The molecule has 1 heterocycles. The molecular formula is C64H104N6O4S. The van der Waals surface area contributed by atoms with Crippen molar-refractivity contribution >= 4 is 45.8 Å². The number of hydrogen-bond acceptors (Lipinski definition) is 11. The molecule has 10 nitrogen and oxygen atoms in total. The summed E-state index contributed by atoms with van der Waals surface area (Å²) < 4.78 is 5.75. The summed E-state index contributed by atoms with van der Waals surface area (Å²) in [5.74, 6) is 2.67. The molecule has 7 unspecified atom stereocenters. The van der Waals surface area contributed by atoms with Crippen LogP contribution in [0.15, 0.2) is 140 Å². The zero-order valence-corrected chi connectivity index (χ0v) is 48.3. The van der Waals surface area contributed by atoms with Crippen molar-refractivity contribution in [2.75, 3.05) is 44.0 Å². The van der Waals surface area contributed by atoms with E-state index in [1.807, 2.05) is 82.8 Å². The lowest BCUT2D eigenvalue weighted by molar-refractivity contribution is -0.122. The number of aryl methyl sites for hydroxylation is 1. The normalized spacial score (nSPS) is 19.9. The summed E-state index contributed by atoms with van der Waals surface area (Å²) in [5, 5.41) is 7.20. The third-order valence-corrected chi connectivity index (χ3v) is 15.0. The average molecular weight is 1050 g/mol. The SMILES string of the molecule is C=C.C=C=C1CCC(C)C(=O)C1.C=C=C1CCCC(=O)c2cccc(NCCONCCOCCC3CC3c3ccc(N)cc3)c21.C=CC(C)C(N)NC1SC(C)=C(C)C1C(=C)c1ccc(CC)cc1.CC.CC.N.[HH].[HH].[HH].[HH]. The van der Waals surface area contributed by atoms with Gasteiger partial charge in [-0.1, -0.05) is 128 Å².